The highest BCUT2D eigenvalue weighted by molar-refractivity contribution is 7.92. The Morgan fingerprint density at radius 1 is 1.25 bits per heavy atom. The van der Waals surface area contributed by atoms with Gasteiger partial charge in [0.25, 0.3) is 0 Å². The summed E-state index contributed by atoms with van der Waals surface area (Å²) in [5.74, 6) is 0.229. The summed E-state index contributed by atoms with van der Waals surface area (Å²) in [5, 5.41) is 0. The van der Waals surface area contributed by atoms with Gasteiger partial charge in [0.05, 0.1) is 10.5 Å². The van der Waals surface area contributed by atoms with Crippen molar-refractivity contribution < 1.29 is 8.42 Å². The van der Waals surface area contributed by atoms with Crippen molar-refractivity contribution in [2.24, 2.45) is 5.73 Å². The van der Waals surface area contributed by atoms with Gasteiger partial charge in [0.15, 0.2) is 9.84 Å². The molecule has 1 aliphatic rings. The number of sulfone groups is 1. The molecule has 12 heavy (non-hydrogen) atoms. The van der Waals surface area contributed by atoms with E-state index in [9.17, 15) is 8.42 Å². The van der Waals surface area contributed by atoms with Gasteiger partial charge in [-0.25, -0.2) is 8.42 Å². The van der Waals surface area contributed by atoms with Gasteiger partial charge >= 0.3 is 0 Å². The highest BCUT2D eigenvalue weighted by atomic mass is 32.2. The van der Waals surface area contributed by atoms with Crippen LogP contribution in [0.3, 0.4) is 0 Å². The van der Waals surface area contributed by atoms with Gasteiger partial charge in [0, 0.05) is 5.54 Å². The summed E-state index contributed by atoms with van der Waals surface area (Å²) in [4.78, 5) is 0. The Labute approximate surface area is 74.3 Å². The lowest BCUT2D eigenvalue weighted by atomic mass is 9.88. The molecule has 4 heteroatoms. The van der Waals surface area contributed by atoms with Crippen molar-refractivity contribution in [3.8, 4) is 0 Å². The Bertz CT molecular complexity index is 277. The Morgan fingerprint density at radius 3 is 2.08 bits per heavy atom. The number of hydrogen-bond donors (Lipinski definition) is 1. The van der Waals surface area contributed by atoms with Crippen molar-refractivity contribution in [3.63, 3.8) is 0 Å². The summed E-state index contributed by atoms with van der Waals surface area (Å²) in [6.07, 6.45) is 1.14. The van der Waals surface area contributed by atoms with Crippen LogP contribution in [0.15, 0.2) is 0 Å². The smallest absolute Gasteiger partial charge is 0.155 e. The minimum Gasteiger partial charge on any atom is -0.325 e. The first-order chi connectivity index (χ1) is 5.16. The van der Waals surface area contributed by atoms with Crippen molar-refractivity contribution in [1.82, 2.24) is 0 Å². The maximum Gasteiger partial charge on any atom is 0.155 e. The molecule has 0 spiro atoms. The Morgan fingerprint density at radius 2 is 1.75 bits per heavy atom. The van der Waals surface area contributed by atoms with E-state index in [-0.39, 0.29) is 11.3 Å². The van der Waals surface area contributed by atoms with Crippen LogP contribution >= 0.6 is 0 Å². The van der Waals surface area contributed by atoms with E-state index < -0.39 is 14.6 Å². The van der Waals surface area contributed by atoms with Crippen LogP contribution in [0.5, 0.6) is 0 Å². The molecule has 3 nitrogen and oxygen atoms in total. The first kappa shape index (κ1) is 9.99. The van der Waals surface area contributed by atoms with Gasteiger partial charge in [-0.05, 0) is 33.6 Å². The van der Waals surface area contributed by atoms with E-state index in [1.54, 1.807) is 13.8 Å². The van der Waals surface area contributed by atoms with Crippen LogP contribution in [-0.2, 0) is 9.84 Å². The number of nitrogens with two attached hydrogens (primary N) is 1. The summed E-state index contributed by atoms with van der Waals surface area (Å²) >= 11 is 0. The summed E-state index contributed by atoms with van der Waals surface area (Å²) in [6.45, 7) is 5.43. The molecule has 0 saturated carbocycles. The Kier molecular flexibility index (Phi) is 2.04. The second-order valence-corrected chi connectivity index (χ2v) is 7.40. The Hall–Kier alpha value is -0.0900. The van der Waals surface area contributed by atoms with Crippen molar-refractivity contribution >= 4 is 9.84 Å². The van der Waals surface area contributed by atoms with Crippen LogP contribution in [0.2, 0.25) is 0 Å². The van der Waals surface area contributed by atoms with E-state index in [1.165, 1.54) is 0 Å². The summed E-state index contributed by atoms with van der Waals surface area (Å²) in [5.41, 5.74) is 5.60. The summed E-state index contributed by atoms with van der Waals surface area (Å²) in [6, 6.07) is 0. The van der Waals surface area contributed by atoms with Crippen LogP contribution in [-0.4, -0.2) is 24.5 Å². The van der Waals surface area contributed by atoms with Gasteiger partial charge in [0.2, 0.25) is 0 Å². The second kappa shape index (κ2) is 2.45. The average molecular weight is 191 g/mol. The maximum atomic E-state index is 11.5. The molecule has 0 aliphatic carbocycles. The zero-order valence-corrected chi connectivity index (χ0v) is 8.74. The van der Waals surface area contributed by atoms with E-state index in [2.05, 4.69) is 0 Å². The molecule has 0 aromatic heterocycles. The molecule has 0 amide bonds. The highest BCUT2D eigenvalue weighted by Crippen LogP contribution is 2.34. The van der Waals surface area contributed by atoms with Gasteiger partial charge in [-0.15, -0.1) is 0 Å². The molecule has 1 fully saturated rings. The first-order valence-corrected chi connectivity index (χ1v) is 5.83. The molecule has 1 atom stereocenters. The average Bonchev–Trinajstić information content (AvgIpc) is 1.79. The fraction of sp³-hybridized carbons (Fsp3) is 1.00. The maximum absolute atomic E-state index is 11.5. The molecular weight excluding hydrogens is 174 g/mol. The lowest BCUT2D eigenvalue weighted by Gasteiger charge is -2.39. The van der Waals surface area contributed by atoms with E-state index >= 15 is 0 Å². The van der Waals surface area contributed by atoms with Crippen LogP contribution < -0.4 is 5.73 Å². The molecule has 2 N–H and O–H groups in total. The topological polar surface area (TPSA) is 60.2 Å². The first-order valence-electron chi connectivity index (χ1n) is 4.18. The Balaban J connectivity index is 2.98. The van der Waals surface area contributed by atoms with E-state index in [4.69, 9.17) is 5.73 Å². The van der Waals surface area contributed by atoms with Gasteiger partial charge in [-0.2, -0.15) is 0 Å². The predicted octanol–water partition coefficient (Wildman–Crippen LogP) is 0.691. The molecule has 0 bridgehead atoms. The second-order valence-electron chi connectivity index (χ2n) is 4.66. The standard InChI is InChI=1S/C8H17NO2S/c1-7(2)6-8(3,9)4-5-12(7,10)11/h4-6,9H2,1-3H3. The van der Waals surface area contributed by atoms with Crippen LogP contribution in [0.25, 0.3) is 0 Å². The van der Waals surface area contributed by atoms with Gasteiger partial charge in [-0.1, -0.05) is 0 Å². The molecule has 1 heterocycles. The van der Waals surface area contributed by atoms with Crippen molar-refractivity contribution in [2.75, 3.05) is 5.75 Å². The largest absolute Gasteiger partial charge is 0.325 e. The van der Waals surface area contributed by atoms with Crippen molar-refractivity contribution in [2.45, 2.75) is 43.9 Å². The lowest BCUT2D eigenvalue weighted by molar-refractivity contribution is 0.344. The zero-order valence-electron chi connectivity index (χ0n) is 7.92. The van der Waals surface area contributed by atoms with Crippen LogP contribution in [0, 0.1) is 0 Å². The number of rotatable bonds is 0. The third-order valence-corrected chi connectivity index (χ3v) is 5.18. The van der Waals surface area contributed by atoms with Crippen LogP contribution in [0.4, 0.5) is 0 Å². The predicted molar refractivity (Wildman–Crippen MR) is 49.7 cm³/mol. The van der Waals surface area contributed by atoms with E-state index in [0.717, 1.165) is 0 Å². The van der Waals surface area contributed by atoms with Crippen molar-refractivity contribution in [1.29, 1.82) is 0 Å². The molecule has 1 saturated heterocycles. The quantitative estimate of drug-likeness (QED) is 0.613. The summed E-state index contributed by atoms with van der Waals surface area (Å²) < 4.78 is 22.4. The molecular formula is C8H17NO2S. The number of hydrogen-bond acceptors (Lipinski definition) is 3. The highest BCUT2D eigenvalue weighted by Gasteiger charge is 2.44. The van der Waals surface area contributed by atoms with Gasteiger partial charge < -0.3 is 5.73 Å². The molecule has 1 unspecified atom stereocenters. The third kappa shape index (κ3) is 1.64. The minimum absolute atomic E-state index is 0.229. The fourth-order valence-electron chi connectivity index (χ4n) is 1.81. The molecule has 0 aromatic carbocycles. The summed E-state index contributed by atoms with van der Waals surface area (Å²) in [7, 11) is -2.91. The van der Waals surface area contributed by atoms with Gasteiger partial charge in [0.1, 0.15) is 0 Å². The third-order valence-electron chi connectivity index (χ3n) is 2.61. The monoisotopic (exact) mass is 191 g/mol. The van der Waals surface area contributed by atoms with E-state index in [0.29, 0.717) is 12.8 Å². The van der Waals surface area contributed by atoms with Gasteiger partial charge in [-0.3, -0.25) is 0 Å². The lowest BCUT2D eigenvalue weighted by Crippen LogP contribution is -2.53. The SMILES string of the molecule is CC1(N)CCS(=O)(=O)C(C)(C)C1. The van der Waals surface area contributed by atoms with Crippen LogP contribution in [0.1, 0.15) is 33.6 Å². The minimum atomic E-state index is -2.91. The molecule has 0 radical (unpaired) electrons. The van der Waals surface area contributed by atoms with E-state index in [1.807, 2.05) is 6.92 Å². The molecule has 1 aliphatic heterocycles. The van der Waals surface area contributed by atoms with Crippen molar-refractivity contribution in [3.05, 3.63) is 0 Å². The molecule has 1 rings (SSSR count). The fourth-order valence-corrected chi connectivity index (χ4v) is 3.65. The molecule has 0 aromatic rings. The zero-order chi connectivity index (χ0) is 9.62. The molecule has 72 valence electrons. The normalized spacial score (nSPS) is 39.3.